The Morgan fingerprint density at radius 1 is 1.31 bits per heavy atom. The van der Waals surface area contributed by atoms with Crippen LogP contribution in [0.5, 0.6) is 0 Å². The molecule has 0 radical (unpaired) electrons. The van der Waals surface area contributed by atoms with Gasteiger partial charge in [-0.2, -0.15) is 0 Å². The van der Waals surface area contributed by atoms with Crippen LogP contribution in [-0.4, -0.2) is 11.1 Å². The van der Waals surface area contributed by atoms with E-state index < -0.39 is 5.97 Å². The highest BCUT2D eigenvalue weighted by atomic mass is 35.5. The molecule has 0 heterocycles. The lowest BCUT2D eigenvalue weighted by atomic mass is 10.3. The molecule has 16 heavy (non-hydrogen) atoms. The summed E-state index contributed by atoms with van der Waals surface area (Å²) in [5.41, 5.74) is 0. The molecule has 0 aromatic heterocycles. The van der Waals surface area contributed by atoms with Crippen molar-refractivity contribution in [3.63, 3.8) is 0 Å². The molecule has 0 unspecified atom stereocenters. The summed E-state index contributed by atoms with van der Waals surface area (Å²) in [6.45, 7) is 1.90. The first-order chi connectivity index (χ1) is 7.59. The van der Waals surface area contributed by atoms with E-state index in [1.54, 1.807) is 11.8 Å². The average Bonchev–Trinajstić information content (AvgIpc) is 2.27. The number of hydrogen-bond acceptors (Lipinski definition) is 2. The van der Waals surface area contributed by atoms with Gasteiger partial charge in [-0.05, 0) is 25.5 Å². The zero-order valence-corrected chi connectivity index (χ0v) is 10.5. The molecule has 0 aliphatic rings. The van der Waals surface area contributed by atoms with E-state index in [2.05, 4.69) is 0 Å². The number of aliphatic carboxylic acids is 1. The Labute approximate surface area is 104 Å². The van der Waals surface area contributed by atoms with Crippen molar-refractivity contribution in [1.82, 2.24) is 0 Å². The standard InChI is InChI=1S/C12H13ClO2S/c1-9(11(13)7-8-12(14)15)16-10-5-3-2-4-6-10/h2-6H,7-8H2,1H3,(H,14,15)/b11-9+. The fourth-order valence-electron chi connectivity index (χ4n) is 1.11. The van der Waals surface area contributed by atoms with Gasteiger partial charge >= 0.3 is 5.97 Å². The van der Waals surface area contributed by atoms with Crippen LogP contribution < -0.4 is 0 Å². The lowest BCUT2D eigenvalue weighted by Gasteiger charge is -2.04. The van der Waals surface area contributed by atoms with Crippen molar-refractivity contribution in [2.24, 2.45) is 0 Å². The Morgan fingerprint density at radius 2 is 1.94 bits per heavy atom. The van der Waals surface area contributed by atoms with Crippen molar-refractivity contribution in [3.05, 3.63) is 40.3 Å². The zero-order chi connectivity index (χ0) is 12.0. The van der Waals surface area contributed by atoms with Gasteiger partial charge in [0.05, 0.1) is 6.42 Å². The number of benzene rings is 1. The van der Waals surface area contributed by atoms with Crippen LogP contribution in [0.2, 0.25) is 0 Å². The van der Waals surface area contributed by atoms with Crippen molar-refractivity contribution in [1.29, 1.82) is 0 Å². The van der Waals surface area contributed by atoms with Crippen LogP contribution >= 0.6 is 23.4 Å². The highest BCUT2D eigenvalue weighted by Crippen LogP contribution is 2.31. The van der Waals surface area contributed by atoms with Crippen LogP contribution in [0.15, 0.2) is 45.2 Å². The fourth-order valence-corrected chi connectivity index (χ4v) is 2.18. The number of carboxylic acid groups (broad SMARTS) is 1. The molecule has 1 N–H and O–H groups in total. The van der Waals surface area contributed by atoms with E-state index in [1.165, 1.54) is 0 Å². The van der Waals surface area contributed by atoms with E-state index in [9.17, 15) is 4.79 Å². The summed E-state index contributed by atoms with van der Waals surface area (Å²) in [4.78, 5) is 12.5. The molecule has 0 aliphatic carbocycles. The van der Waals surface area contributed by atoms with Crippen LogP contribution in [0.25, 0.3) is 0 Å². The topological polar surface area (TPSA) is 37.3 Å². The Morgan fingerprint density at radius 3 is 2.50 bits per heavy atom. The number of carboxylic acids is 1. The number of rotatable bonds is 5. The number of hydrogen-bond donors (Lipinski definition) is 1. The number of halogens is 1. The van der Waals surface area contributed by atoms with Gasteiger partial charge in [-0.25, -0.2) is 0 Å². The highest BCUT2D eigenvalue weighted by Gasteiger charge is 2.04. The smallest absolute Gasteiger partial charge is 0.303 e. The van der Waals surface area contributed by atoms with Gasteiger partial charge in [0.2, 0.25) is 0 Å². The first kappa shape index (κ1) is 13.1. The second-order valence-corrected chi connectivity index (χ2v) is 5.01. The minimum atomic E-state index is -0.823. The Kier molecular flexibility index (Phi) is 5.43. The molecule has 1 rings (SSSR count). The van der Waals surface area contributed by atoms with Gasteiger partial charge in [-0.1, -0.05) is 41.6 Å². The minimum absolute atomic E-state index is 0.0749. The molecule has 1 aromatic rings. The second-order valence-electron chi connectivity index (χ2n) is 3.27. The monoisotopic (exact) mass is 256 g/mol. The maximum absolute atomic E-state index is 10.4. The van der Waals surface area contributed by atoms with Crippen LogP contribution in [-0.2, 0) is 4.79 Å². The van der Waals surface area contributed by atoms with Gasteiger partial charge in [0, 0.05) is 14.8 Å². The number of thioether (sulfide) groups is 1. The van der Waals surface area contributed by atoms with Gasteiger partial charge in [0.25, 0.3) is 0 Å². The number of allylic oxidation sites excluding steroid dienone is 2. The summed E-state index contributed by atoms with van der Waals surface area (Å²) in [6, 6.07) is 9.86. The van der Waals surface area contributed by atoms with Crippen LogP contribution in [0, 0.1) is 0 Å². The quantitative estimate of drug-likeness (QED) is 0.806. The predicted octanol–water partition coefficient (Wildman–Crippen LogP) is 4.11. The summed E-state index contributed by atoms with van der Waals surface area (Å²) in [6.07, 6.45) is 0.466. The van der Waals surface area contributed by atoms with E-state index in [1.807, 2.05) is 37.3 Å². The maximum Gasteiger partial charge on any atom is 0.303 e. The lowest BCUT2D eigenvalue weighted by Crippen LogP contribution is -1.94. The van der Waals surface area contributed by atoms with E-state index in [-0.39, 0.29) is 6.42 Å². The van der Waals surface area contributed by atoms with E-state index in [0.29, 0.717) is 11.5 Å². The molecule has 0 bridgehead atoms. The van der Waals surface area contributed by atoms with Crippen LogP contribution in [0.3, 0.4) is 0 Å². The Balaban J connectivity index is 2.59. The third-order valence-electron chi connectivity index (χ3n) is 1.95. The molecular weight excluding hydrogens is 244 g/mol. The Bertz CT molecular complexity index is 387. The normalized spacial score (nSPS) is 12.1. The second kappa shape index (κ2) is 6.61. The molecule has 0 amide bonds. The van der Waals surface area contributed by atoms with Gasteiger partial charge in [0.1, 0.15) is 0 Å². The molecule has 4 heteroatoms. The van der Waals surface area contributed by atoms with Crippen LogP contribution in [0.4, 0.5) is 0 Å². The van der Waals surface area contributed by atoms with E-state index in [4.69, 9.17) is 16.7 Å². The SMILES string of the molecule is C/C(Sc1ccccc1)=C(\Cl)CCC(=O)O. The number of carbonyl (C=O) groups is 1. The average molecular weight is 257 g/mol. The van der Waals surface area contributed by atoms with Crippen molar-refractivity contribution in [3.8, 4) is 0 Å². The van der Waals surface area contributed by atoms with Crippen LogP contribution in [0.1, 0.15) is 19.8 Å². The molecule has 0 saturated carbocycles. The van der Waals surface area contributed by atoms with Gasteiger partial charge < -0.3 is 5.11 Å². The molecule has 0 atom stereocenters. The third-order valence-corrected chi connectivity index (χ3v) is 3.60. The summed E-state index contributed by atoms with van der Waals surface area (Å²) in [7, 11) is 0. The third kappa shape index (κ3) is 4.73. The highest BCUT2D eigenvalue weighted by molar-refractivity contribution is 8.03. The van der Waals surface area contributed by atoms with Crippen molar-refractivity contribution < 1.29 is 9.90 Å². The Hall–Kier alpha value is -0.930. The summed E-state index contributed by atoms with van der Waals surface area (Å²) < 4.78 is 0. The largest absolute Gasteiger partial charge is 0.481 e. The first-order valence-corrected chi connectivity index (χ1v) is 6.09. The van der Waals surface area contributed by atoms with Crippen molar-refractivity contribution >= 4 is 29.3 Å². The first-order valence-electron chi connectivity index (χ1n) is 4.89. The lowest BCUT2D eigenvalue weighted by molar-refractivity contribution is -0.136. The van der Waals surface area contributed by atoms with Gasteiger partial charge in [-0.15, -0.1) is 0 Å². The molecular formula is C12H13ClO2S. The molecule has 0 saturated heterocycles. The maximum atomic E-state index is 10.4. The fraction of sp³-hybridized carbons (Fsp3) is 0.250. The van der Waals surface area contributed by atoms with Crippen molar-refractivity contribution in [2.75, 3.05) is 0 Å². The van der Waals surface area contributed by atoms with E-state index in [0.717, 1.165) is 9.80 Å². The molecule has 0 spiro atoms. The van der Waals surface area contributed by atoms with Crippen molar-refractivity contribution in [2.45, 2.75) is 24.7 Å². The van der Waals surface area contributed by atoms with E-state index >= 15 is 0 Å². The zero-order valence-electron chi connectivity index (χ0n) is 8.94. The molecule has 2 nitrogen and oxygen atoms in total. The molecule has 0 fully saturated rings. The summed E-state index contributed by atoms with van der Waals surface area (Å²) in [5, 5.41) is 9.17. The predicted molar refractivity (Wildman–Crippen MR) is 67.7 cm³/mol. The molecule has 0 aliphatic heterocycles. The minimum Gasteiger partial charge on any atom is -0.481 e. The van der Waals surface area contributed by atoms with Gasteiger partial charge in [0.15, 0.2) is 0 Å². The summed E-state index contributed by atoms with van der Waals surface area (Å²) >= 11 is 7.58. The molecule has 1 aromatic carbocycles. The van der Waals surface area contributed by atoms with Gasteiger partial charge in [-0.3, -0.25) is 4.79 Å². The molecule has 86 valence electrons. The summed E-state index contributed by atoms with van der Waals surface area (Å²) in [5.74, 6) is -0.823.